The molecule has 16 heavy (non-hydrogen) atoms. The van der Waals surface area contributed by atoms with Crippen LogP contribution in [0, 0.1) is 5.41 Å². The predicted octanol–water partition coefficient (Wildman–Crippen LogP) is 1.80. The normalized spacial score (nSPS) is 19.1. The second kappa shape index (κ2) is 6.04. The van der Waals surface area contributed by atoms with E-state index < -0.39 is 0 Å². The second-order valence-electron chi connectivity index (χ2n) is 4.85. The van der Waals surface area contributed by atoms with Crippen LogP contribution in [0.5, 0.6) is 0 Å². The van der Waals surface area contributed by atoms with E-state index >= 15 is 0 Å². The third-order valence-corrected chi connectivity index (χ3v) is 3.35. The van der Waals surface area contributed by atoms with Crippen molar-refractivity contribution in [1.29, 1.82) is 0 Å². The zero-order chi connectivity index (χ0) is 12.0. The molecule has 0 aliphatic carbocycles. The van der Waals surface area contributed by atoms with Crippen molar-refractivity contribution in [2.75, 3.05) is 26.2 Å². The van der Waals surface area contributed by atoms with Crippen LogP contribution in [0.15, 0.2) is 12.7 Å². The van der Waals surface area contributed by atoms with Crippen LogP contribution in [0.25, 0.3) is 0 Å². The maximum Gasteiger partial charge on any atom is 0.228 e. The Kier molecular flexibility index (Phi) is 5.00. The Labute approximate surface area is 98.9 Å². The van der Waals surface area contributed by atoms with E-state index in [2.05, 4.69) is 25.7 Å². The Hall–Kier alpha value is -0.830. The average Bonchev–Trinajstić information content (AvgIpc) is 2.29. The highest BCUT2D eigenvalue weighted by molar-refractivity contribution is 5.82. The molecule has 3 heteroatoms. The largest absolute Gasteiger partial charge is 0.339 e. The van der Waals surface area contributed by atoms with Gasteiger partial charge in [-0.05, 0) is 32.4 Å². The quantitative estimate of drug-likeness (QED) is 0.722. The summed E-state index contributed by atoms with van der Waals surface area (Å²) >= 11 is 0. The van der Waals surface area contributed by atoms with E-state index in [0.29, 0.717) is 12.5 Å². The van der Waals surface area contributed by atoms with Crippen LogP contribution in [-0.4, -0.2) is 37.0 Å². The molecule has 1 heterocycles. The van der Waals surface area contributed by atoms with Gasteiger partial charge in [0.1, 0.15) is 0 Å². The summed E-state index contributed by atoms with van der Waals surface area (Å²) < 4.78 is 0. The van der Waals surface area contributed by atoms with Gasteiger partial charge >= 0.3 is 0 Å². The van der Waals surface area contributed by atoms with E-state index in [-0.39, 0.29) is 5.41 Å². The van der Waals surface area contributed by atoms with Gasteiger partial charge < -0.3 is 10.2 Å². The fourth-order valence-electron chi connectivity index (χ4n) is 2.28. The Morgan fingerprint density at radius 1 is 1.50 bits per heavy atom. The zero-order valence-corrected chi connectivity index (χ0v) is 10.6. The Morgan fingerprint density at radius 2 is 2.12 bits per heavy atom. The molecule has 0 aromatic heterocycles. The van der Waals surface area contributed by atoms with Crippen LogP contribution >= 0.6 is 0 Å². The van der Waals surface area contributed by atoms with E-state index in [4.69, 9.17) is 0 Å². The highest BCUT2D eigenvalue weighted by Gasteiger charge is 2.36. The molecule has 0 bridgehead atoms. The minimum atomic E-state index is -0.163. The number of carbonyl (C=O) groups is 1. The van der Waals surface area contributed by atoms with Gasteiger partial charge in [-0.15, -0.1) is 6.58 Å². The zero-order valence-electron chi connectivity index (χ0n) is 10.6. The Balaban J connectivity index is 2.67. The first-order valence-electron chi connectivity index (χ1n) is 6.25. The molecule has 0 spiro atoms. The fourth-order valence-corrected chi connectivity index (χ4v) is 2.28. The fraction of sp³-hybridized carbons (Fsp3) is 0.769. The van der Waals surface area contributed by atoms with Gasteiger partial charge in [-0.1, -0.05) is 19.9 Å². The second-order valence-corrected chi connectivity index (χ2v) is 4.85. The summed E-state index contributed by atoms with van der Waals surface area (Å²) in [7, 11) is 0. The Bertz CT molecular complexity index is 244. The molecule has 0 saturated carbocycles. The molecule has 0 aromatic rings. The number of hydrogen-bond donors (Lipinski definition) is 1. The monoisotopic (exact) mass is 224 g/mol. The summed E-state index contributed by atoms with van der Waals surface area (Å²) in [4.78, 5) is 14.4. The van der Waals surface area contributed by atoms with E-state index in [1.54, 1.807) is 0 Å². The summed E-state index contributed by atoms with van der Waals surface area (Å²) in [6.07, 6.45) is 4.72. The molecule has 3 nitrogen and oxygen atoms in total. The number of nitrogens with one attached hydrogen (secondary N) is 1. The van der Waals surface area contributed by atoms with E-state index in [0.717, 1.165) is 38.9 Å². The number of rotatable bonds is 5. The topological polar surface area (TPSA) is 32.3 Å². The molecule has 1 rings (SSSR count). The van der Waals surface area contributed by atoms with E-state index in [1.807, 2.05) is 11.0 Å². The van der Waals surface area contributed by atoms with E-state index in [1.165, 1.54) is 0 Å². The minimum absolute atomic E-state index is 0.163. The maximum absolute atomic E-state index is 12.5. The van der Waals surface area contributed by atoms with Crippen LogP contribution in [0.3, 0.4) is 0 Å². The highest BCUT2D eigenvalue weighted by Crippen LogP contribution is 2.30. The lowest BCUT2D eigenvalue weighted by molar-refractivity contribution is -0.142. The smallest absolute Gasteiger partial charge is 0.228 e. The van der Waals surface area contributed by atoms with Gasteiger partial charge in [0, 0.05) is 18.5 Å². The first kappa shape index (κ1) is 13.2. The summed E-state index contributed by atoms with van der Waals surface area (Å²) in [5.74, 6) is 0.302. The van der Waals surface area contributed by atoms with Gasteiger partial charge in [-0.2, -0.15) is 0 Å². The SMILES string of the molecule is C=CCN(CCC)C(=O)C1(C)CCNCC1. The first-order valence-corrected chi connectivity index (χ1v) is 6.25. The van der Waals surface area contributed by atoms with Crippen molar-refractivity contribution in [2.24, 2.45) is 5.41 Å². The summed E-state index contributed by atoms with van der Waals surface area (Å²) in [6.45, 7) is 11.4. The molecule has 1 aliphatic rings. The van der Waals surface area contributed by atoms with Crippen molar-refractivity contribution in [3.05, 3.63) is 12.7 Å². The first-order chi connectivity index (χ1) is 7.64. The Morgan fingerprint density at radius 3 is 2.62 bits per heavy atom. The number of piperidine rings is 1. The van der Waals surface area contributed by atoms with Gasteiger partial charge in [0.2, 0.25) is 5.91 Å². The summed E-state index contributed by atoms with van der Waals surface area (Å²) in [5.41, 5.74) is -0.163. The van der Waals surface area contributed by atoms with Gasteiger partial charge in [-0.3, -0.25) is 4.79 Å². The van der Waals surface area contributed by atoms with Crippen molar-refractivity contribution < 1.29 is 4.79 Å². The molecule has 1 saturated heterocycles. The van der Waals surface area contributed by atoms with Crippen LogP contribution in [0.4, 0.5) is 0 Å². The van der Waals surface area contributed by atoms with Crippen LogP contribution in [0.1, 0.15) is 33.1 Å². The standard InChI is InChI=1S/C13H24N2O/c1-4-10-15(11-5-2)12(16)13(3)6-8-14-9-7-13/h4,14H,1,5-11H2,2-3H3. The lowest BCUT2D eigenvalue weighted by Gasteiger charge is -2.37. The minimum Gasteiger partial charge on any atom is -0.339 e. The molecule has 1 N–H and O–H groups in total. The van der Waals surface area contributed by atoms with Gasteiger partial charge in [0.15, 0.2) is 0 Å². The number of amides is 1. The van der Waals surface area contributed by atoms with Gasteiger partial charge in [0.05, 0.1) is 0 Å². The van der Waals surface area contributed by atoms with Crippen molar-refractivity contribution in [3.8, 4) is 0 Å². The third-order valence-electron chi connectivity index (χ3n) is 3.35. The maximum atomic E-state index is 12.5. The van der Waals surface area contributed by atoms with Crippen molar-refractivity contribution >= 4 is 5.91 Å². The van der Waals surface area contributed by atoms with Crippen LogP contribution in [0.2, 0.25) is 0 Å². The lowest BCUT2D eigenvalue weighted by Crippen LogP contribution is -2.48. The molecule has 1 amide bonds. The molecule has 0 aromatic carbocycles. The predicted molar refractivity (Wildman–Crippen MR) is 67.3 cm³/mol. The van der Waals surface area contributed by atoms with Crippen LogP contribution < -0.4 is 5.32 Å². The molecular formula is C13H24N2O. The van der Waals surface area contributed by atoms with E-state index in [9.17, 15) is 4.79 Å². The molecule has 0 unspecified atom stereocenters. The number of carbonyl (C=O) groups excluding carboxylic acids is 1. The molecule has 0 atom stereocenters. The average molecular weight is 224 g/mol. The molecule has 0 radical (unpaired) electrons. The van der Waals surface area contributed by atoms with Crippen LogP contribution in [-0.2, 0) is 4.79 Å². The van der Waals surface area contributed by atoms with Crippen molar-refractivity contribution in [3.63, 3.8) is 0 Å². The molecule has 92 valence electrons. The lowest BCUT2D eigenvalue weighted by atomic mass is 9.79. The van der Waals surface area contributed by atoms with Gasteiger partial charge in [-0.25, -0.2) is 0 Å². The van der Waals surface area contributed by atoms with Gasteiger partial charge in [0.25, 0.3) is 0 Å². The molecule has 1 fully saturated rings. The molecule has 1 aliphatic heterocycles. The number of hydrogen-bond acceptors (Lipinski definition) is 2. The summed E-state index contributed by atoms with van der Waals surface area (Å²) in [5, 5.41) is 3.31. The number of nitrogens with zero attached hydrogens (tertiary/aromatic N) is 1. The summed E-state index contributed by atoms with van der Waals surface area (Å²) in [6, 6.07) is 0. The third kappa shape index (κ3) is 3.08. The highest BCUT2D eigenvalue weighted by atomic mass is 16.2. The van der Waals surface area contributed by atoms with Crippen molar-refractivity contribution in [1.82, 2.24) is 10.2 Å². The molecular weight excluding hydrogens is 200 g/mol. The van der Waals surface area contributed by atoms with Crippen molar-refractivity contribution in [2.45, 2.75) is 33.1 Å².